The molecule has 0 aromatic rings. The molecule has 0 amide bonds. The lowest BCUT2D eigenvalue weighted by molar-refractivity contribution is 0.0764. The summed E-state index contributed by atoms with van der Waals surface area (Å²) in [5.74, 6) is 6.44. The van der Waals surface area contributed by atoms with E-state index in [-0.39, 0.29) is 0 Å². The maximum atomic E-state index is 10.7. The van der Waals surface area contributed by atoms with Crippen LogP contribution in [0.15, 0.2) is 0 Å². The highest BCUT2D eigenvalue weighted by Gasteiger charge is 2.22. The highest BCUT2D eigenvalue weighted by molar-refractivity contribution is 5.13. The summed E-state index contributed by atoms with van der Waals surface area (Å²) in [5, 5.41) is 10.7. The molecule has 0 saturated carbocycles. The molecule has 20 heavy (non-hydrogen) atoms. The van der Waals surface area contributed by atoms with Gasteiger partial charge in [0.05, 0.1) is 0 Å². The molecule has 0 heterocycles. The lowest BCUT2D eigenvalue weighted by Gasteiger charge is -2.22. The topological polar surface area (TPSA) is 20.2 Å². The smallest absolute Gasteiger partial charge is 0.125 e. The van der Waals surface area contributed by atoms with Crippen molar-refractivity contribution in [3.8, 4) is 11.8 Å². The molecule has 0 fully saturated rings. The summed E-state index contributed by atoms with van der Waals surface area (Å²) >= 11 is 0. The van der Waals surface area contributed by atoms with E-state index in [1.54, 1.807) is 0 Å². The fourth-order valence-corrected chi connectivity index (χ4v) is 2.45. The van der Waals surface area contributed by atoms with Crippen LogP contribution in [0.5, 0.6) is 0 Å². The van der Waals surface area contributed by atoms with E-state index < -0.39 is 5.60 Å². The third kappa shape index (κ3) is 11.4. The summed E-state index contributed by atoms with van der Waals surface area (Å²) in [4.78, 5) is 0. The number of hydrogen-bond acceptors (Lipinski definition) is 1. The quantitative estimate of drug-likeness (QED) is 0.351. The van der Waals surface area contributed by atoms with E-state index in [2.05, 4.69) is 32.6 Å². The Morgan fingerprint density at radius 3 is 1.70 bits per heavy atom. The first-order chi connectivity index (χ1) is 9.68. The average molecular weight is 280 g/mol. The Morgan fingerprint density at radius 1 is 0.700 bits per heavy atom. The normalized spacial score (nSPS) is 11.2. The molecular formula is C19H36O. The molecule has 0 radical (unpaired) electrons. The highest BCUT2D eigenvalue weighted by atomic mass is 16.3. The van der Waals surface area contributed by atoms with Gasteiger partial charge >= 0.3 is 0 Å². The minimum atomic E-state index is -0.713. The van der Waals surface area contributed by atoms with Gasteiger partial charge in [0.1, 0.15) is 5.60 Å². The molecular weight excluding hydrogens is 244 g/mol. The predicted octanol–water partition coefficient (Wildman–Crippen LogP) is 5.85. The molecule has 1 N–H and O–H groups in total. The summed E-state index contributed by atoms with van der Waals surface area (Å²) in [7, 11) is 0. The molecule has 0 rings (SSSR count). The van der Waals surface area contributed by atoms with Crippen LogP contribution < -0.4 is 0 Å². The molecule has 0 aliphatic heterocycles. The van der Waals surface area contributed by atoms with Crippen LogP contribution in [0.1, 0.15) is 104 Å². The third-order valence-electron chi connectivity index (χ3n) is 3.86. The van der Waals surface area contributed by atoms with Gasteiger partial charge in [-0.25, -0.2) is 0 Å². The summed E-state index contributed by atoms with van der Waals surface area (Å²) in [6, 6.07) is 0. The minimum absolute atomic E-state index is 0.713. The zero-order chi connectivity index (χ0) is 15.1. The van der Waals surface area contributed by atoms with Crippen LogP contribution >= 0.6 is 0 Å². The molecule has 0 spiro atoms. The SMILES string of the molecule is CCCCCCC#CC(O)(CCCCC)CCCCC. The van der Waals surface area contributed by atoms with Crippen molar-refractivity contribution >= 4 is 0 Å². The number of rotatable bonds is 12. The summed E-state index contributed by atoms with van der Waals surface area (Å²) in [6.45, 7) is 6.64. The van der Waals surface area contributed by atoms with Crippen molar-refractivity contribution in [1.29, 1.82) is 0 Å². The van der Waals surface area contributed by atoms with E-state index in [4.69, 9.17) is 0 Å². The fourth-order valence-electron chi connectivity index (χ4n) is 2.45. The van der Waals surface area contributed by atoms with Crippen LogP contribution in [0.25, 0.3) is 0 Å². The maximum Gasteiger partial charge on any atom is 0.125 e. The van der Waals surface area contributed by atoms with E-state index in [1.165, 1.54) is 51.4 Å². The molecule has 0 unspecified atom stereocenters. The van der Waals surface area contributed by atoms with Gasteiger partial charge in [0.2, 0.25) is 0 Å². The fraction of sp³-hybridized carbons (Fsp3) is 0.895. The molecule has 0 aromatic heterocycles. The number of unbranched alkanes of at least 4 members (excludes halogenated alkanes) is 8. The highest BCUT2D eigenvalue weighted by Crippen LogP contribution is 2.22. The van der Waals surface area contributed by atoms with Crippen LogP contribution in [0.2, 0.25) is 0 Å². The number of aliphatic hydroxyl groups is 1. The van der Waals surface area contributed by atoms with E-state index in [1.807, 2.05) is 0 Å². The second-order valence-corrected chi connectivity index (χ2v) is 6.06. The van der Waals surface area contributed by atoms with E-state index in [9.17, 15) is 5.11 Å². The van der Waals surface area contributed by atoms with Gasteiger partial charge in [-0.1, -0.05) is 71.6 Å². The van der Waals surface area contributed by atoms with Crippen molar-refractivity contribution in [3.05, 3.63) is 0 Å². The van der Waals surface area contributed by atoms with E-state index in [0.29, 0.717) is 0 Å². The van der Waals surface area contributed by atoms with Gasteiger partial charge in [-0.2, -0.15) is 0 Å². The first kappa shape index (κ1) is 19.5. The molecule has 0 atom stereocenters. The molecule has 0 aliphatic rings. The first-order valence-electron chi connectivity index (χ1n) is 8.91. The van der Waals surface area contributed by atoms with E-state index in [0.717, 1.165) is 32.1 Å². The standard InChI is InChI=1S/C19H36O/c1-4-7-10-11-12-15-18-19(20,16-13-8-5-2)17-14-9-6-3/h20H,4-14,16-17H2,1-3H3. The first-order valence-corrected chi connectivity index (χ1v) is 8.91. The van der Waals surface area contributed by atoms with Crippen molar-refractivity contribution in [3.63, 3.8) is 0 Å². The molecule has 1 nitrogen and oxygen atoms in total. The zero-order valence-electron chi connectivity index (χ0n) is 14.1. The second kappa shape index (κ2) is 13.5. The molecule has 1 heteroatoms. The minimum Gasteiger partial charge on any atom is -0.378 e. The Bertz CT molecular complexity index is 249. The van der Waals surface area contributed by atoms with Crippen LogP contribution in [0, 0.1) is 11.8 Å². The van der Waals surface area contributed by atoms with Gasteiger partial charge in [-0.3, -0.25) is 0 Å². The maximum absolute atomic E-state index is 10.7. The van der Waals surface area contributed by atoms with Gasteiger partial charge in [-0.15, -0.1) is 5.92 Å². The van der Waals surface area contributed by atoms with Crippen molar-refractivity contribution in [2.45, 2.75) is 110 Å². The Labute approximate surface area is 127 Å². The Kier molecular flexibility index (Phi) is 13.2. The molecule has 0 aliphatic carbocycles. The largest absolute Gasteiger partial charge is 0.378 e. The van der Waals surface area contributed by atoms with Crippen molar-refractivity contribution in [2.75, 3.05) is 0 Å². The van der Waals surface area contributed by atoms with Crippen LogP contribution in [0.4, 0.5) is 0 Å². The monoisotopic (exact) mass is 280 g/mol. The van der Waals surface area contributed by atoms with Gasteiger partial charge in [0, 0.05) is 6.42 Å². The van der Waals surface area contributed by atoms with Gasteiger partial charge in [0.15, 0.2) is 0 Å². The molecule has 0 saturated heterocycles. The molecule has 118 valence electrons. The van der Waals surface area contributed by atoms with Crippen molar-refractivity contribution < 1.29 is 5.11 Å². The molecule has 0 aromatic carbocycles. The Morgan fingerprint density at radius 2 is 1.20 bits per heavy atom. The third-order valence-corrected chi connectivity index (χ3v) is 3.86. The second-order valence-electron chi connectivity index (χ2n) is 6.06. The van der Waals surface area contributed by atoms with Gasteiger partial charge in [-0.05, 0) is 32.1 Å². The predicted molar refractivity (Wildman–Crippen MR) is 89.8 cm³/mol. The van der Waals surface area contributed by atoms with Crippen molar-refractivity contribution in [1.82, 2.24) is 0 Å². The Hall–Kier alpha value is -0.480. The summed E-state index contributed by atoms with van der Waals surface area (Å²) in [5.41, 5.74) is -0.713. The number of hydrogen-bond donors (Lipinski definition) is 1. The van der Waals surface area contributed by atoms with Crippen LogP contribution in [-0.4, -0.2) is 10.7 Å². The summed E-state index contributed by atoms with van der Waals surface area (Å²) in [6.07, 6.45) is 14.7. The average Bonchev–Trinajstić information content (AvgIpc) is 2.43. The zero-order valence-corrected chi connectivity index (χ0v) is 14.1. The van der Waals surface area contributed by atoms with Crippen LogP contribution in [0.3, 0.4) is 0 Å². The van der Waals surface area contributed by atoms with Crippen molar-refractivity contribution in [2.24, 2.45) is 0 Å². The van der Waals surface area contributed by atoms with Crippen LogP contribution in [-0.2, 0) is 0 Å². The van der Waals surface area contributed by atoms with E-state index >= 15 is 0 Å². The molecule has 0 bridgehead atoms. The summed E-state index contributed by atoms with van der Waals surface area (Å²) < 4.78 is 0. The van der Waals surface area contributed by atoms with Gasteiger partial charge < -0.3 is 5.11 Å². The lowest BCUT2D eigenvalue weighted by Crippen LogP contribution is -2.26. The lowest BCUT2D eigenvalue weighted by atomic mass is 9.90. The Balaban J connectivity index is 4.16. The van der Waals surface area contributed by atoms with Gasteiger partial charge in [0.25, 0.3) is 0 Å².